The van der Waals surface area contributed by atoms with Crippen molar-refractivity contribution < 1.29 is 4.79 Å². The minimum absolute atomic E-state index is 0.0614. The summed E-state index contributed by atoms with van der Waals surface area (Å²) in [6.45, 7) is 13.3. The summed E-state index contributed by atoms with van der Waals surface area (Å²) in [6.07, 6.45) is 1.91. The number of hydrogen-bond acceptors (Lipinski definition) is 1. The van der Waals surface area contributed by atoms with Crippen molar-refractivity contribution in [2.75, 3.05) is 0 Å². The van der Waals surface area contributed by atoms with Crippen LogP contribution in [0.3, 0.4) is 0 Å². The molecule has 1 nitrogen and oxygen atoms in total. The third-order valence-electron chi connectivity index (χ3n) is 5.81. The maximum Gasteiger partial charge on any atom is 0.138 e. The Morgan fingerprint density at radius 3 is 1.56 bits per heavy atom. The van der Waals surface area contributed by atoms with Gasteiger partial charge >= 0.3 is 0 Å². The van der Waals surface area contributed by atoms with Crippen molar-refractivity contribution in [3.63, 3.8) is 0 Å². The lowest BCUT2D eigenvalue weighted by Gasteiger charge is -2.34. The zero-order valence-electron chi connectivity index (χ0n) is 16.3. The number of rotatable bonds is 5. The van der Waals surface area contributed by atoms with E-state index in [4.69, 9.17) is 0 Å². The third kappa shape index (κ3) is 4.10. The maximum absolute atomic E-state index is 13.0. The molecule has 0 unspecified atom stereocenters. The molecule has 0 fully saturated rings. The fourth-order valence-corrected chi connectivity index (χ4v) is 7.13. The summed E-state index contributed by atoms with van der Waals surface area (Å²) in [4.78, 5) is 13.0. The Kier molecular flexibility index (Phi) is 5.70. The van der Waals surface area contributed by atoms with Crippen LogP contribution in [0, 0.1) is 0 Å². The molecular weight excluding hydrogens is 336 g/mol. The molecule has 0 atom stereocenters. The Balaban J connectivity index is 2.47. The smallest absolute Gasteiger partial charge is 0.138 e. The molecule has 0 bridgehead atoms. The number of hydrogen-bond donors (Lipinski definition) is 0. The molecule has 0 saturated carbocycles. The minimum Gasteiger partial charge on any atom is -0.301 e. The zero-order valence-corrected chi connectivity index (χ0v) is 18.3. The molecule has 0 radical (unpaired) electrons. The lowest BCUT2D eigenvalue weighted by molar-refractivity contribution is -0.108. The minimum atomic E-state index is -2.08. The summed E-state index contributed by atoms with van der Waals surface area (Å²) >= 11 is 0. The second-order valence-corrected chi connectivity index (χ2v) is 17.6. The first-order valence-corrected chi connectivity index (χ1v) is 14.5. The van der Waals surface area contributed by atoms with E-state index >= 15 is 0 Å². The van der Waals surface area contributed by atoms with Crippen LogP contribution in [0.2, 0.25) is 24.7 Å². The van der Waals surface area contributed by atoms with Gasteiger partial charge in [0.25, 0.3) is 0 Å². The summed E-state index contributed by atoms with van der Waals surface area (Å²) in [6, 6.07) is 21.2. The van der Waals surface area contributed by atoms with Crippen LogP contribution in [-0.2, 0) is 4.79 Å². The van der Waals surface area contributed by atoms with Crippen molar-refractivity contribution in [3.8, 4) is 0 Å². The van der Waals surface area contributed by atoms with Gasteiger partial charge in [0.05, 0.1) is 0 Å². The molecule has 2 aromatic rings. The van der Waals surface area contributed by atoms with Gasteiger partial charge in [-0.25, -0.2) is 0 Å². The van der Waals surface area contributed by atoms with Crippen molar-refractivity contribution in [1.29, 1.82) is 0 Å². The van der Waals surface area contributed by atoms with Gasteiger partial charge in [0, 0.05) is 0 Å². The molecule has 0 aliphatic heterocycles. The van der Waals surface area contributed by atoms with E-state index in [1.165, 1.54) is 10.4 Å². The van der Waals surface area contributed by atoms with Crippen LogP contribution >= 0.6 is 0 Å². The predicted molar refractivity (Wildman–Crippen MR) is 115 cm³/mol. The van der Waals surface area contributed by atoms with Gasteiger partial charge in [-0.2, -0.15) is 0 Å². The molecule has 0 aliphatic rings. The molecule has 0 aromatic heterocycles. The number of carbonyl (C=O) groups is 1. The van der Waals surface area contributed by atoms with E-state index in [0.717, 1.165) is 0 Å². The van der Waals surface area contributed by atoms with E-state index in [0.29, 0.717) is 5.41 Å². The summed E-state index contributed by atoms with van der Waals surface area (Å²) in [5.74, 6) is 0. The molecule has 2 aromatic carbocycles. The number of benzene rings is 2. The van der Waals surface area contributed by atoms with Crippen LogP contribution < -0.4 is 10.4 Å². The first-order valence-electron chi connectivity index (χ1n) is 8.94. The van der Waals surface area contributed by atoms with Crippen LogP contribution in [0.25, 0.3) is 0 Å². The van der Waals surface area contributed by atoms with Crippen molar-refractivity contribution in [3.05, 3.63) is 72.4 Å². The predicted octanol–water partition coefficient (Wildman–Crippen LogP) is 4.59. The lowest BCUT2D eigenvalue weighted by atomic mass is 10.2. The van der Waals surface area contributed by atoms with Gasteiger partial charge in [-0.1, -0.05) is 117 Å². The molecule has 3 heteroatoms. The molecule has 0 spiro atoms. The van der Waals surface area contributed by atoms with E-state index in [2.05, 4.69) is 94.6 Å². The van der Waals surface area contributed by atoms with E-state index in [-0.39, 0.29) is 5.04 Å². The standard InChI is InChI=1S/C22H30OSi2/c1-22(2,3)24(4,5)21(23)17-18-25(6,19-13-9-7-10-14-19)20-15-11-8-12-16-20/h7-18H,1-6H3/b18-17+. The molecule has 0 N–H and O–H groups in total. The van der Waals surface area contributed by atoms with Crippen LogP contribution in [-0.4, -0.2) is 21.6 Å². The second-order valence-electron chi connectivity index (χ2n) is 8.51. The first-order chi connectivity index (χ1) is 11.6. The van der Waals surface area contributed by atoms with Crippen LogP contribution in [0.5, 0.6) is 0 Å². The highest BCUT2D eigenvalue weighted by Gasteiger charge is 2.41. The largest absolute Gasteiger partial charge is 0.301 e. The Hall–Kier alpha value is -1.72. The Morgan fingerprint density at radius 1 is 0.800 bits per heavy atom. The van der Waals surface area contributed by atoms with Crippen molar-refractivity contribution in [2.45, 2.75) is 45.5 Å². The highest BCUT2D eigenvalue weighted by Crippen LogP contribution is 2.36. The average Bonchev–Trinajstić information content (AvgIpc) is 2.59. The van der Waals surface area contributed by atoms with Crippen LogP contribution in [0.4, 0.5) is 0 Å². The molecular formula is C22H30OSi2. The molecule has 25 heavy (non-hydrogen) atoms. The fraction of sp³-hybridized carbons (Fsp3) is 0.318. The highest BCUT2D eigenvalue weighted by molar-refractivity contribution is 7.09. The van der Waals surface area contributed by atoms with E-state index < -0.39 is 16.1 Å². The number of allylic oxidation sites excluding steroid dienone is 1. The van der Waals surface area contributed by atoms with Crippen molar-refractivity contribution >= 4 is 31.9 Å². The van der Waals surface area contributed by atoms with Gasteiger partial charge in [0.2, 0.25) is 0 Å². The Bertz CT molecular complexity index is 701. The van der Waals surface area contributed by atoms with Gasteiger partial charge in [-0.3, -0.25) is 0 Å². The van der Waals surface area contributed by atoms with E-state index in [1.54, 1.807) is 0 Å². The first kappa shape index (κ1) is 19.6. The summed E-state index contributed by atoms with van der Waals surface area (Å²) in [5.41, 5.74) is 2.24. The SMILES string of the molecule is CC(C)(C)[Si](C)(C)C(=O)/C=C/[Si](C)(c1ccccc1)c1ccccc1. The van der Waals surface area contributed by atoms with Crippen molar-refractivity contribution in [1.82, 2.24) is 0 Å². The quantitative estimate of drug-likeness (QED) is 0.559. The van der Waals surface area contributed by atoms with Gasteiger partial charge in [-0.15, -0.1) is 0 Å². The highest BCUT2D eigenvalue weighted by atomic mass is 28.3. The topological polar surface area (TPSA) is 17.1 Å². The summed E-state index contributed by atoms with van der Waals surface area (Å²) in [7, 11) is -4.09. The van der Waals surface area contributed by atoms with Crippen LogP contribution in [0.15, 0.2) is 72.4 Å². The lowest BCUT2D eigenvalue weighted by Crippen LogP contribution is -2.54. The average molecular weight is 367 g/mol. The summed E-state index contributed by atoms with van der Waals surface area (Å²) in [5, 5.41) is 3.07. The van der Waals surface area contributed by atoms with Crippen LogP contribution in [0.1, 0.15) is 20.8 Å². The second kappa shape index (κ2) is 7.26. The molecule has 0 aliphatic carbocycles. The van der Waals surface area contributed by atoms with E-state index in [1.807, 2.05) is 18.2 Å². The van der Waals surface area contributed by atoms with Gasteiger partial charge in [0.15, 0.2) is 0 Å². The molecule has 2 rings (SSSR count). The van der Waals surface area contributed by atoms with Gasteiger partial charge in [-0.05, 0) is 11.1 Å². The Labute approximate surface area is 154 Å². The maximum atomic E-state index is 13.0. The molecule has 132 valence electrons. The molecule has 0 heterocycles. The summed E-state index contributed by atoms with van der Waals surface area (Å²) < 4.78 is 0. The molecule has 0 saturated heterocycles. The monoisotopic (exact) mass is 366 g/mol. The third-order valence-corrected chi connectivity index (χ3v) is 14.9. The van der Waals surface area contributed by atoms with E-state index in [9.17, 15) is 4.79 Å². The molecule has 0 amide bonds. The number of carbonyl (C=O) groups excluding carboxylic acids is 1. The Morgan fingerprint density at radius 2 is 1.20 bits per heavy atom. The fourth-order valence-electron chi connectivity index (χ4n) is 2.75. The van der Waals surface area contributed by atoms with Gasteiger partial charge in [0.1, 0.15) is 21.6 Å². The zero-order chi connectivity index (χ0) is 18.7. The normalized spacial score (nSPS) is 13.2. The van der Waals surface area contributed by atoms with Gasteiger partial charge < -0.3 is 4.79 Å². The van der Waals surface area contributed by atoms with Crippen molar-refractivity contribution in [2.24, 2.45) is 0 Å².